The molecule has 0 bridgehead atoms. The van der Waals surface area contributed by atoms with Crippen molar-refractivity contribution in [2.45, 2.75) is 45.6 Å². The van der Waals surface area contributed by atoms with Crippen LogP contribution in [-0.4, -0.2) is 29.8 Å². The molecule has 1 fully saturated rings. The monoisotopic (exact) mass is 239 g/mol. The molecule has 1 aliphatic rings. The summed E-state index contributed by atoms with van der Waals surface area (Å²) < 4.78 is 0. The summed E-state index contributed by atoms with van der Waals surface area (Å²) in [7, 11) is 0. The van der Waals surface area contributed by atoms with Gasteiger partial charge in [0.2, 0.25) is 0 Å². The molecule has 0 aromatic rings. The average Bonchev–Trinajstić information content (AvgIpc) is 2.48. The second kappa shape index (κ2) is 5.08. The molecule has 1 saturated carbocycles. The first-order valence-corrected chi connectivity index (χ1v) is 6.17. The Labute approximate surface area is 104 Å². The van der Waals surface area contributed by atoms with Crippen molar-refractivity contribution in [1.29, 1.82) is 0 Å². The summed E-state index contributed by atoms with van der Waals surface area (Å²) in [5.74, 6) is 0.379. The van der Waals surface area contributed by atoms with Crippen molar-refractivity contribution in [3.8, 4) is 0 Å². The maximum atomic E-state index is 10.5. The lowest BCUT2D eigenvalue weighted by Gasteiger charge is -2.35. The third-order valence-electron chi connectivity index (χ3n) is 3.73. The Kier molecular flexibility index (Phi) is 4.20. The Bertz CT molecular complexity index is 323. The van der Waals surface area contributed by atoms with Crippen LogP contribution in [0.1, 0.15) is 40.0 Å². The van der Waals surface area contributed by atoms with Crippen LogP contribution in [-0.2, 0) is 0 Å². The number of nitrogens with zero attached hydrogens (tertiary/aromatic N) is 1. The van der Waals surface area contributed by atoms with Crippen molar-refractivity contribution >= 4 is 5.96 Å². The summed E-state index contributed by atoms with van der Waals surface area (Å²) in [6, 6.07) is 0. The Morgan fingerprint density at radius 2 is 2.12 bits per heavy atom. The van der Waals surface area contributed by atoms with E-state index in [1.807, 2.05) is 6.92 Å². The molecule has 0 heterocycles. The van der Waals surface area contributed by atoms with E-state index in [9.17, 15) is 5.11 Å². The van der Waals surface area contributed by atoms with Gasteiger partial charge in [-0.25, -0.2) is 0 Å². The highest BCUT2D eigenvalue weighted by atomic mass is 16.3. The molecule has 1 unspecified atom stereocenters. The number of hydrogen-bond acceptors (Lipinski definition) is 2. The lowest BCUT2D eigenvalue weighted by Crippen LogP contribution is -2.44. The molecule has 0 amide bonds. The van der Waals surface area contributed by atoms with Crippen LogP contribution in [0.3, 0.4) is 0 Å². The zero-order valence-electron chi connectivity index (χ0n) is 11.2. The SMILES string of the molecule is C=C(C)CNC(N)=NCC1(O)CCCC1(C)C. The average molecular weight is 239 g/mol. The highest BCUT2D eigenvalue weighted by Gasteiger charge is 2.47. The molecule has 0 aliphatic heterocycles. The van der Waals surface area contributed by atoms with Crippen molar-refractivity contribution in [1.82, 2.24) is 5.32 Å². The van der Waals surface area contributed by atoms with Crippen molar-refractivity contribution in [3.05, 3.63) is 12.2 Å². The second-order valence-electron chi connectivity index (χ2n) is 5.78. The van der Waals surface area contributed by atoms with Gasteiger partial charge in [-0.15, -0.1) is 0 Å². The van der Waals surface area contributed by atoms with E-state index in [4.69, 9.17) is 5.73 Å². The Morgan fingerprint density at radius 3 is 2.59 bits per heavy atom. The molecule has 0 aromatic carbocycles. The van der Waals surface area contributed by atoms with Gasteiger partial charge in [-0.3, -0.25) is 4.99 Å². The minimum Gasteiger partial charge on any atom is -0.387 e. The Morgan fingerprint density at radius 1 is 1.47 bits per heavy atom. The van der Waals surface area contributed by atoms with Crippen molar-refractivity contribution in [2.24, 2.45) is 16.1 Å². The number of aliphatic hydroxyl groups is 1. The van der Waals surface area contributed by atoms with Gasteiger partial charge in [0.05, 0.1) is 12.1 Å². The van der Waals surface area contributed by atoms with E-state index in [2.05, 4.69) is 30.7 Å². The van der Waals surface area contributed by atoms with E-state index in [-0.39, 0.29) is 5.41 Å². The summed E-state index contributed by atoms with van der Waals surface area (Å²) in [4.78, 5) is 4.24. The molecular formula is C13H25N3O. The van der Waals surface area contributed by atoms with E-state index in [1.165, 1.54) is 0 Å². The molecule has 1 rings (SSSR count). The Balaban J connectivity index is 2.54. The van der Waals surface area contributed by atoms with Gasteiger partial charge in [0, 0.05) is 6.54 Å². The maximum Gasteiger partial charge on any atom is 0.188 e. The third kappa shape index (κ3) is 3.46. The first kappa shape index (κ1) is 14.0. The molecule has 0 saturated heterocycles. The maximum absolute atomic E-state index is 10.5. The van der Waals surface area contributed by atoms with Crippen LogP contribution in [0, 0.1) is 5.41 Å². The highest BCUT2D eigenvalue weighted by molar-refractivity contribution is 5.78. The van der Waals surface area contributed by atoms with Gasteiger partial charge < -0.3 is 16.2 Å². The minimum atomic E-state index is -0.720. The van der Waals surface area contributed by atoms with Gasteiger partial charge in [0.25, 0.3) is 0 Å². The van der Waals surface area contributed by atoms with Crippen molar-refractivity contribution in [2.75, 3.05) is 13.1 Å². The first-order valence-electron chi connectivity index (χ1n) is 6.17. The molecule has 1 aliphatic carbocycles. The van der Waals surface area contributed by atoms with Crippen LogP contribution in [0.5, 0.6) is 0 Å². The van der Waals surface area contributed by atoms with E-state index in [0.717, 1.165) is 24.8 Å². The first-order chi connectivity index (χ1) is 7.77. The lowest BCUT2D eigenvalue weighted by atomic mass is 9.78. The van der Waals surface area contributed by atoms with E-state index in [0.29, 0.717) is 19.0 Å². The fourth-order valence-electron chi connectivity index (χ4n) is 2.20. The zero-order chi connectivity index (χ0) is 13.1. The van der Waals surface area contributed by atoms with Crippen molar-refractivity contribution < 1.29 is 5.11 Å². The summed E-state index contributed by atoms with van der Waals surface area (Å²) in [6.07, 6.45) is 2.90. The highest BCUT2D eigenvalue weighted by Crippen LogP contribution is 2.45. The van der Waals surface area contributed by atoms with Gasteiger partial charge in [-0.05, 0) is 31.6 Å². The van der Waals surface area contributed by atoms with Crippen LogP contribution in [0.2, 0.25) is 0 Å². The van der Waals surface area contributed by atoms with E-state index < -0.39 is 5.60 Å². The topological polar surface area (TPSA) is 70.6 Å². The normalized spacial score (nSPS) is 28.1. The number of nitrogens with one attached hydrogen (secondary N) is 1. The van der Waals surface area contributed by atoms with E-state index >= 15 is 0 Å². The summed E-state index contributed by atoms with van der Waals surface area (Å²) in [5, 5.41) is 13.5. The van der Waals surface area contributed by atoms with Gasteiger partial charge in [-0.1, -0.05) is 26.0 Å². The standard InChI is InChI=1S/C13H25N3O/c1-10(2)8-15-11(14)16-9-13(17)7-5-6-12(13,3)4/h17H,1,5-9H2,2-4H3,(H3,14,15,16). The second-order valence-corrected chi connectivity index (χ2v) is 5.78. The van der Waals surface area contributed by atoms with Crippen LogP contribution in [0.15, 0.2) is 17.1 Å². The molecule has 1 atom stereocenters. The van der Waals surface area contributed by atoms with Crippen LogP contribution in [0.4, 0.5) is 0 Å². The fraction of sp³-hybridized carbons (Fsp3) is 0.769. The quantitative estimate of drug-likeness (QED) is 0.394. The molecule has 4 nitrogen and oxygen atoms in total. The smallest absolute Gasteiger partial charge is 0.188 e. The van der Waals surface area contributed by atoms with Crippen molar-refractivity contribution in [3.63, 3.8) is 0 Å². The van der Waals surface area contributed by atoms with Gasteiger partial charge in [-0.2, -0.15) is 0 Å². The molecule has 0 radical (unpaired) electrons. The van der Waals surface area contributed by atoms with Crippen LogP contribution < -0.4 is 11.1 Å². The zero-order valence-corrected chi connectivity index (χ0v) is 11.2. The Hall–Kier alpha value is -1.03. The molecule has 98 valence electrons. The summed E-state index contributed by atoms with van der Waals surface area (Å²) in [6.45, 7) is 10.9. The molecule has 0 spiro atoms. The third-order valence-corrected chi connectivity index (χ3v) is 3.73. The molecule has 0 aromatic heterocycles. The number of guanidine groups is 1. The summed E-state index contributed by atoms with van der Waals surface area (Å²) >= 11 is 0. The lowest BCUT2D eigenvalue weighted by molar-refractivity contribution is -0.0335. The molecule has 4 N–H and O–H groups in total. The van der Waals surface area contributed by atoms with Gasteiger partial charge in [0.1, 0.15) is 0 Å². The molecule has 4 heteroatoms. The minimum absolute atomic E-state index is 0.0782. The summed E-state index contributed by atoms with van der Waals surface area (Å²) in [5.41, 5.74) is 5.94. The fourth-order valence-corrected chi connectivity index (χ4v) is 2.20. The van der Waals surface area contributed by atoms with Crippen LogP contribution >= 0.6 is 0 Å². The van der Waals surface area contributed by atoms with Gasteiger partial charge in [0.15, 0.2) is 5.96 Å². The molecular weight excluding hydrogens is 214 g/mol. The molecule has 17 heavy (non-hydrogen) atoms. The largest absolute Gasteiger partial charge is 0.387 e. The predicted molar refractivity (Wildman–Crippen MR) is 71.9 cm³/mol. The van der Waals surface area contributed by atoms with Crippen LogP contribution in [0.25, 0.3) is 0 Å². The van der Waals surface area contributed by atoms with Gasteiger partial charge >= 0.3 is 0 Å². The number of aliphatic imine (C=N–C) groups is 1. The number of nitrogens with two attached hydrogens (primary N) is 1. The van der Waals surface area contributed by atoms with E-state index in [1.54, 1.807) is 0 Å². The number of rotatable bonds is 4. The predicted octanol–water partition coefficient (Wildman–Crippen LogP) is 1.41. The number of hydrogen-bond donors (Lipinski definition) is 3.